The van der Waals surface area contributed by atoms with Crippen LogP contribution in [0.2, 0.25) is 0 Å². The first-order chi connectivity index (χ1) is 13.1. The lowest BCUT2D eigenvalue weighted by atomic mass is 10.1. The normalized spacial score (nSPS) is 10.4. The molecule has 0 atom stereocenters. The summed E-state index contributed by atoms with van der Waals surface area (Å²) < 4.78 is 10.7. The van der Waals surface area contributed by atoms with Crippen LogP contribution in [0.15, 0.2) is 53.9 Å². The molecule has 1 heterocycles. The van der Waals surface area contributed by atoms with Crippen molar-refractivity contribution in [1.82, 2.24) is 4.98 Å². The molecule has 140 valence electrons. The number of carbonyl (C=O) groups excluding carboxylic acids is 1. The van der Waals surface area contributed by atoms with E-state index in [2.05, 4.69) is 29.4 Å². The fraction of sp³-hybridized carbons (Fsp3) is 0.238. The zero-order valence-corrected chi connectivity index (χ0v) is 16.2. The maximum Gasteiger partial charge on any atom is 0.226 e. The van der Waals surface area contributed by atoms with E-state index >= 15 is 0 Å². The molecule has 0 fully saturated rings. The molecular weight excluding hydrogens is 360 g/mol. The summed E-state index contributed by atoms with van der Waals surface area (Å²) in [6.07, 6.45) is 1.02. The van der Waals surface area contributed by atoms with Gasteiger partial charge in [0.05, 0.1) is 19.4 Å². The molecule has 1 aromatic heterocycles. The fourth-order valence-electron chi connectivity index (χ4n) is 2.46. The second kappa shape index (κ2) is 9.19. The highest BCUT2D eigenvalue weighted by molar-refractivity contribution is 7.14. The Balaban J connectivity index is 1.42. The molecule has 0 saturated carbocycles. The molecule has 0 bridgehead atoms. The van der Waals surface area contributed by atoms with E-state index in [1.54, 1.807) is 7.11 Å². The summed E-state index contributed by atoms with van der Waals surface area (Å²) in [5.41, 5.74) is 3.13. The van der Waals surface area contributed by atoms with Gasteiger partial charge in [0.2, 0.25) is 5.91 Å². The minimum Gasteiger partial charge on any atom is -0.497 e. The van der Waals surface area contributed by atoms with E-state index in [4.69, 9.17) is 9.47 Å². The van der Waals surface area contributed by atoms with Gasteiger partial charge in [-0.1, -0.05) is 29.8 Å². The quantitative estimate of drug-likeness (QED) is 0.562. The number of aryl methyl sites for hydroxylation is 1. The standard InChI is InChI=1S/C21H22N2O3S/c1-15-5-7-16(8-6-15)19-14-27-21(22-19)23-20(24)4-3-13-26-18-11-9-17(25-2)10-12-18/h5-12,14H,3-4,13H2,1-2H3,(H,22,23,24). The highest BCUT2D eigenvalue weighted by Gasteiger charge is 2.08. The van der Waals surface area contributed by atoms with Gasteiger partial charge in [-0.15, -0.1) is 11.3 Å². The first-order valence-electron chi connectivity index (χ1n) is 8.73. The number of aromatic nitrogens is 1. The van der Waals surface area contributed by atoms with E-state index in [0.29, 0.717) is 24.6 Å². The Hall–Kier alpha value is -2.86. The van der Waals surface area contributed by atoms with Gasteiger partial charge in [0.15, 0.2) is 5.13 Å². The second-order valence-corrected chi connectivity index (χ2v) is 6.94. The largest absolute Gasteiger partial charge is 0.497 e. The van der Waals surface area contributed by atoms with Gasteiger partial charge in [0.25, 0.3) is 0 Å². The number of amides is 1. The van der Waals surface area contributed by atoms with Crippen LogP contribution >= 0.6 is 11.3 Å². The van der Waals surface area contributed by atoms with Crippen LogP contribution in [0.4, 0.5) is 5.13 Å². The number of nitrogens with zero attached hydrogens (tertiary/aromatic N) is 1. The van der Waals surface area contributed by atoms with Crippen molar-refractivity contribution in [3.63, 3.8) is 0 Å². The predicted octanol–water partition coefficient (Wildman–Crippen LogP) is 4.92. The van der Waals surface area contributed by atoms with Crippen molar-refractivity contribution in [2.24, 2.45) is 0 Å². The van der Waals surface area contributed by atoms with Crippen LogP contribution in [0.25, 0.3) is 11.3 Å². The Morgan fingerprint density at radius 3 is 2.48 bits per heavy atom. The van der Waals surface area contributed by atoms with Crippen molar-refractivity contribution in [3.8, 4) is 22.8 Å². The van der Waals surface area contributed by atoms with Crippen LogP contribution in [0.3, 0.4) is 0 Å². The molecule has 1 amide bonds. The van der Waals surface area contributed by atoms with E-state index < -0.39 is 0 Å². The summed E-state index contributed by atoms with van der Waals surface area (Å²) in [7, 11) is 1.63. The lowest BCUT2D eigenvalue weighted by molar-refractivity contribution is -0.116. The average molecular weight is 382 g/mol. The highest BCUT2D eigenvalue weighted by atomic mass is 32.1. The monoisotopic (exact) mass is 382 g/mol. The van der Waals surface area contributed by atoms with E-state index in [1.165, 1.54) is 16.9 Å². The van der Waals surface area contributed by atoms with Crippen molar-refractivity contribution in [1.29, 1.82) is 0 Å². The molecule has 1 N–H and O–H groups in total. The topological polar surface area (TPSA) is 60.5 Å². The molecule has 5 nitrogen and oxygen atoms in total. The summed E-state index contributed by atoms with van der Waals surface area (Å²) in [5, 5.41) is 5.42. The van der Waals surface area contributed by atoms with Crippen LogP contribution in [-0.2, 0) is 4.79 Å². The summed E-state index contributed by atoms with van der Waals surface area (Å²) >= 11 is 1.43. The molecule has 3 aromatic rings. The van der Waals surface area contributed by atoms with Gasteiger partial charge >= 0.3 is 0 Å². The smallest absolute Gasteiger partial charge is 0.226 e. The van der Waals surface area contributed by atoms with Crippen LogP contribution in [0.1, 0.15) is 18.4 Å². The minimum atomic E-state index is -0.0573. The summed E-state index contributed by atoms with van der Waals surface area (Å²) in [6, 6.07) is 15.6. The molecule has 3 rings (SSSR count). The van der Waals surface area contributed by atoms with Gasteiger partial charge in [-0.3, -0.25) is 4.79 Å². The van der Waals surface area contributed by atoms with Crippen LogP contribution in [-0.4, -0.2) is 24.6 Å². The maximum atomic E-state index is 12.1. The summed E-state index contributed by atoms with van der Waals surface area (Å²) in [4.78, 5) is 16.6. The van der Waals surface area contributed by atoms with E-state index in [1.807, 2.05) is 41.8 Å². The highest BCUT2D eigenvalue weighted by Crippen LogP contribution is 2.25. The lowest BCUT2D eigenvalue weighted by Crippen LogP contribution is -2.12. The van der Waals surface area contributed by atoms with Crippen LogP contribution < -0.4 is 14.8 Å². The Labute approximate surface area is 163 Å². The molecule has 0 aliphatic heterocycles. The van der Waals surface area contributed by atoms with E-state index in [9.17, 15) is 4.79 Å². The van der Waals surface area contributed by atoms with E-state index in [0.717, 1.165) is 22.8 Å². The van der Waals surface area contributed by atoms with Crippen LogP contribution in [0, 0.1) is 6.92 Å². The van der Waals surface area contributed by atoms with Gasteiger partial charge in [-0.25, -0.2) is 4.98 Å². The van der Waals surface area contributed by atoms with Crippen molar-refractivity contribution in [3.05, 3.63) is 59.5 Å². The number of hydrogen-bond donors (Lipinski definition) is 1. The Morgan fingerprint density at radius 2 is 1.78 bits per heavy atom. The molecule has 0 spiro atoms. The molecule has 0 saturated heterocycles. The Morgan fingerprint density at radius 1 is 1.07 bits per heavy atom. The van der Waals surface area contributed by atoms with Crippen molar-refractivity contribution < 1.29 is 14.3 Å². The van der Waals surface area contributed by atoms with Crippen molar-refractivity contribution in [2.75, 3.05) is 19.0 Å². The van der Waals surface area contributed by atoms with Gasteiger partial charge in [-0.2, -0.15) is 0 Å². The molecular formula is C21H22N2O3S. The summed E-state index contributed by atoms with van der Waals surface area (Å²) in [6.45, 7) is 2.53. The number of anilines is 1. The molecule has 6 heteroatoms. The molecule has 0 radical (unpaired) electrons. The number of benzene rings is 2. The third kappa shape index (κ3) is 5.56. The Kier molecular flexibility index (Phi) is 6.44. The zero-order chi connectivity index (χ0) is 19.1. The van der Waals surface area contributed by atoms with Gasteiger partial charge in [0.1, 0.15) is 11.5 Å². The zero-order valence-electron chi connectivity index (χ0n) is 15.4. The second-order valence-electron chi connectivity index (χ2n) is 6.08. The molecule has 27 heavy (non-hydrogen) atoms. The molecule has 0 aliphatic rings. The van der Waals surface area contributed by atoms with Crippen LogP contribution in [0.5, 0.6) is 11.5 Å². The number of methoxy groups -OCH3 is 1. The lowest BCUT2D eigenvalue weighted by Gasteiger charge is -2.07. The number of ether oxygens (including phenoxy) is 2. The van der Waals surface area contributed by atoms with Crippen molar-refractivity contribution >= 4 is 22.4 Å². The van der Waals surface area contributed by atoms with Crippen molar-refractivity contribution in [2.45, 2.75) is 19.8 Å². The number of hydrogen-bond acceptors (Lipinski definition) is 5. The van der Waals surface area contributed by atoms with Gasteiger partial charge in [-0.05, 0) is 37.6 Å². The van der Waals surface area contributed by atoms with E-state index in [-0.39, 0.29) is 5.91 Å². The first kappa shape index (κ1) is 18.9. The fourth-order valence-corrected chi connectivity index (χ4v) is 3.20. The van der Waals surface area contributed by atoms with Gasteiger partial charge < -0.3 is 14.8 Å². The molecule has 0 aliphatic carbocycles. The Bertz CT molecular complexity index is 873. The number of rotatable bonds is 8. The number of carbonyl (C=O) groups is 1. The third-order valence-corrected chi connectivity index (χ3v) is 4.73. The molecule has 2 aromatic carbocycles. The maximum absolute atomic E-state index is 12.1. The number of nitrogens with one attached hydrogen (secondary N) is 1. The predicted molar refractivity (Wildman–Crippen MR) is 109 cm³/mol. The third-order valence-electron chi connectivity index (χ3n) is 3.97. The first-order valence-corrected chi connectivity index (χ1v) is 9.61. The summed E-state index contributed by atoms with van der Waals surface area (Å²) in [5.74, 6) is 1.49. The van der Waals surface area contributed by atoms with Gasteiger partial charge in [0, 0.05) is 17.4 Å². The average Bonchev–Trinajstić information content (AvgIpc) is 3.14. The minimum absolute atomic E-state index is 0.0573. The molecule has 0 unspecified atom stereocenters. The number of thiazole rings is 1. The SMILES string of the molecule is COc1ccc(OCCCC(=O)Nc2nc(-c3ccc(C)cc3)cs2)cc1.